The number of nitrogens with one attached hydrogen (secondary N) is 1. The van der Waals surface area contributed by atoms with E-state index in [1.807, 2.05) is 0 Å². The molecular weight excluding hydrogens is 220 g/mol. The fourth-order valence-electron chi connectivity index (χ4n) is 1.54. The summed E-state index contributed by atoms with van der Waals surface area (Å²) in [6.45, 7) is 1.79. The number of methoxy groups -OCH3 is 1. The Balaban J connectivity index is 0.000000148. The van der Waals surface area contributed by atoms with Gasteiger partial charge in [0.25, 0.3) is 5.91 Å². The van der Waals surface area contributed by atoms with Crippen LogP contribution < -0.4 is 5.43 Å². The van der Waals surface area contributed by atoms with E-state index in [1.54, 1.807) is 0 Å². The van der Waals surface area contributed by atoms with E-state index in [-0.39, 0.29) is 17.9 Å². The van der Waals surface area contributed by atoms with E-state index in [2.05, 4.69) is 29.7 Å². The van der Waals surface area contributed by atoms with Crippen molar-refractivity contribution in [3.63, 3.8) is 0 Å². The van der Waals surface area contributed by atoms with Crippen LogP contribution in [0.25, 0.3) is 11.1 Å². The number of hydrazine groups is 1. The Hall–Kier alpha value is -1.88. The number of fused-ring (bicyclic) bond motifs is 1. The Morgan fingerprint density at radius 3 is 2.41 bits per heavy atom. The molecule has 0 saturated carbocycles. The first-order valence-corrected chi connectivity index (χ1v) is 5.33. The second-order valence-corrected chi connectivity index (χ2v) is 3.92. The minimum atomic E-state index is -0.373. The number of carbonyl (C=O) groups excluding carboxylic acids is 2. The van der Waals surface area contributed by atoms with Gasteiger partial charge in [0.2, 0.25) is 5.91 Å². The fourth-order valence-corrected chi connectivity index (χ4v) is 1.54. The summed E-state index contributed by atoms with van der Waals surface area (Å²) in [5.41, 5.74) is 5.21. The van der Waals surface area contributed by atoms with Crippen molar-refractivity contribution in [1.29, 1.82) is 0 Å². The van der Waals surface area contributed by atoms with Gasteiger partial charge in [-0.15, -0.1) is 0 Å². The average Bonchev–Trinajstić information content (AvgIpc) is 2.91. The van der Waals surface area contributed by atoms with Crippen LogP contribution >= 0.6 is 0 Å². The second kappa shape index (κ2) is 4.55. The zero-order valence-electron chi connectivity index (χ0n) is 9.77. The molecule has 3 aliphatic rings. The van der Waals surface area contributed by atoms with Crippen molar-refractivity contribution in [2.45, 2.75) is 13.0 Å². The predicted octanol–water partition coefficient (Wildman–Crippen LogP) is 0.562. The number of amides is 2. The molecule has 0 aromatic carbocycles. The number of nitrogens with zero attached hydrogens (tertiary/aromatic N) is 1. The van der Waals surface area contributed by atoms with Crippen LogP contribution in [0.1, 0.15) is 6.92 Å². The van der Waals surface area contributed by atoms with Crippen molar-refractivity contribution in [3.05, 3.63) is 24.3 Å². The summed E-state index contributed by atoms with van der Waals surface area (Å²) in [5.74, 6) is -0.435. The van der Waals surface area contributed by atoms with Crippen LogP contribution in [-0.2, 0) is 14.3 Å². The molecule has 0 bridgehead atoms. The fraction of sp³-hybridized carbons (Fsp3) is 0.333. The van der Waals surface area contributed by atoms with E-state index < -0.39 is 0 Å². The lowest BCUT2D eigenvalue weighted by molar-refractivity contribution is -0.167. The molecule has 1 fully saturated rings. The van der Waals surface area contributed by atoms with Gasteiger partial charge in [-0.2, -0.15) is 0 Å². The summed E-state index contributed by atoms with van der Waals surface area (Å²) in [5, 5.41) is 1.23. The molecule has 1 N–H and O–H groups in total. The highest BCUT2D eigenvalue weighted by atomic mass is 16.5. The molecule has 1 atom stereocenters. The summed E-state index contributed by atoms with van der Waals surface area (Å²) in [6, 6.07) is 8.48. The monoisotopic (exact) mass is 234 g/mol. The zero-order chi connectivity index (χ0) is 12.4. The third-order valence-corrected chi connectivity index (χ3v) is 2.58. The van der Waals surface area contributed by atoms with Crippen LogP contribution in [0.15, 0.2) is 24.3 Å². The summed E-state index contributed by atoms with van der Waals surface area (Å²) >= 11 is 0. The number of benzene rings is 1. The molecule has 5 nitrogen and oxygen atoms in total. The smallest absolute Gasteiger partial charge is 0.272 e. The van der Waals surface area contributed by atoms with Crippen molar-refractivity contribution in [2.24, 2.45) is 0 Å². The summed E-state index contributed by atoms with van der Waals surface area (Å²) in [4.78, 5) is 21.4. The van der Waals surface area contributed by atoms with E-state index in [9.17, 15) is 9.59 Å². The summed E-state index contributed by atoms with van der Waals surface area (Å²) in [6.07, 6.45) is -0.373. The molecule has 0 aromatic heterocycles. The van der Waals surface area contributed by atoms with E-state index in [4.69, 9.17) is 4.74 Å². The van der Waals surface area contributed by atoms with Gasteiger partial charge >= 0.3 is 0 Å². The van der Waals surface area contributed by atoms with Gasteiger partial charge in [0.1, 0.15) is 0 Å². The Bertz CT molecular complexity index is 442. The van der Waals surface area contributed by atoms with E-state index in [1.165, 1.54) is 30.2 Å². The lowest BCUT2D eigenvalue weighted by Crippen LogP contribution is -2.63. The molecule has 1 saturated heterocycles. The summed E-state index contributed by atoms with van der Waals surface area (Å²) in [7, 11) is 1.47. The first-order valence-electron chi connectivity index (χ1n) is 5.33. The van der Waals surface area contributed by atoms with Crippen molar-refractivity contribution in [2.75, 3.05) is 13.7 Å². The van der Waals surface area contributed by atoms with Crippen LogP contribution in [0.4, 0.5) is 0 Å². The highest BCUT2D eigenvalue weighted by molar-refractivity contribution is 5.89. The molecule has 90 valence electrons. The van der Waals surface area contributed by atoms with Gasteiger partial charge in [0.05, 0.1) is 6.54 Å². The maximum Gasteiger partial charge on any atom is 0.272 e. The number of ether oxygens (including phenoxy) is 1. The first kappa shape index (κ1) is 11.6. The molecule has 1 heterocycles. The molecule has 0 spiro atoms. The Morgan fingerprint density at radius 1 is 1.47 bits per heavy atom. The van der Waals surface area contributed by atoms with Gasteiger partial charge in [-0.1, -0.05) is 18.2 Å². The molecule has 1 aliphatic heterocycles. The normalized spacial score (nSPS) is 18.8. The third-order valence-electron chi connectivity index (χ3n) is 2.58. The lowest BCUT2D eigenvalue weighted by Gasteiger charge is -2.36. The number of hydrogen-bond donors (Lipinski definition) is 1. The molecule has 3 rings (SSSR count). The quantitative estimate of drug-likeness (QED) is 0.772. The van der Waals surface area contributed by atoms with Crippen molar-refractivity contribution < 1.29 is 14.3 Å². The van der Waals surface area contributed by atoms with Crippen molar-refractivity contribution in [1.82, 2.24) is 10.4 Å². The molecule has 2 aliphatic carbocycles. The van der Waals surface area contributed by atoms with Crippen LogP contribution in [0.3, 0.4) is 0 Å². The average molecular weight is 234 g/mol. The van der Waals surface area contributed by atoms with Crippen molar-refractivity contribution >= 4 is 11.8 Å². The maximum absolute atomic E-state index is 10.9. The Labute approximate surface area is 99.3 Å². The van der Waals surface area contributed by atoms with E-state index in [0.29, 0.717) is 6.54 Å². The van der Waals surface area contributed by atoms with Crippen LogP contribution in [0.5, 0.6) is 0 Å². The molecule has 1 unspecified atom stereocenters. The standard InChI is InChI=1S/C6H10N2O3.C6H4/c1-4(9)7-8-3-5(11-2)6(8)10;1-2-5-4-6(5)3-1/h5H,3H2,1-2H3,(H,7,9);1-4H. The van der Waals surface area contributed by atoms with Gasteiger partial charge in [-0.05, 0) is 17.2 Å². The van der Waals surface area contributed by atoms with Crippen LogP contribution in [0.2, 0.25) is 0 Å². The van der Waals surface area contributed by atoms with Gasteiger partial charge < -0.3 is 4.74 Å². The van der Waals surface area contributed by atoms with E-state index in [0.717, 1.165) is 0 Å². The maximum atomic E-state index is 10.9. The SMILES string of the molecule is COC1CN(NC(C)=O)C1=O.c1cc2cc-2c1. The predicted molar refractivity (Wildman–Crippen MR) is 61.8 cm³/mol. The minimum Gasteiger partial charge on any atom is -0.370 e. The number of carbonyl (C=O) groups is 2. The second-order valence-electron chi connectivity index (χ2n) is 3.92. The van der Waals surface area contributed by atoms with Gasteiger partial charge in [0, 0.05) is 14.0 Å². The molecule has 17 heavy (non-hydrogen) atoms. The topological polar surface area (TPSA) is 58.6 Å². The summed E-state index contributed by atoms with van der Waals surface area (Å²) < 4.78 is 4.77. The largest absolute Gasteiger partial charge is 0.370 e. The molecule has 0 aromatic rings. The minimum absolute atomic E-state index is 0.192. The Morgan fingerprint density at radius 2 is 2.12 bits per heavy atom. The molecule has 5 heteroatoms. The van der Waals surface area contributed by atoms with Crippen LogP contribution in [0, 0.1) is 0 Å². The van der Waals surface area contributed by atoms with Gasteiger partial charge in [0.15, 0.2) is 6.10 Å². The zero-order valence-corrected chi connectivity index (χ0v) is 9.77. The first-order chi connectivity index (χ1) is 8.11. The van der Waals surface area contributed by atoms with E-state index >= 15 is 0 Å². The lowest BCUT2D eigenvalue weighted by atomic mass is 10.2. The highest BCUT2D eigenvalue weighted by Crippen LogP contribution is 2.32. The van der Waals surface area contributed by atoms with Crippen LogP contribution in [-0.4, -0.2) is 36.6 Å². The number of hydrogen-bond acceptors (Lipinski definition) is 3. The molecule has 0 radical (unpaired) electrons. The molecular formula is C12H14N2O3. The number of rotatable bonds is 2. The van der Waals surface area contributed by atoms with Gasteiger partial charge in [-0.25, -0.2) is 5.01 Å². The third kappa shape index (κ3) is 2.62. The Kier molecular flexibility index (Phi) is 3.10. The van der Waals surface area contributed by atoms with Gasteiger partial charge in [-0.3, -0.25) is 15.0 Å². The number of β-lactam (4-membered cyclic amide) rings is 1. The highest BCUT2D eigenvalue weighted by Gasteiger charge is 2.37. The van der Waals surface area contributed by atoms with Crippen molar-refractivity contribution in [3.8, 4) is 11.1 Å². The molecule has 2 amide bonds.